The second-order valence-electron chi connectivity index (χ2n) is 4.22. The molecule has 100 valence electrons. The minimum absolute atomic E-state index is 0.466. The topological polar surface area (TPSA) is 9.23 Å². The predicted molar refractivity (Wildman–Crippen MR) is 67.2 cm³/mol. The van der Waals surface area contributed by atoms with Crippen LogP contribution in [0, 0.1) is 0 Å². The Hall–Kier alpha value is -1.97. The molecule has 0 saturated carbocycles. The maximum atomic E-state index is 12.6. The molecular formula is C15H13F3O. The molecule has 0 saturated heterocycles. The molecule has 2 aromatic carbocycles. The van der Waals surface area contributed by atoms with Crippen LogP contribution in [0.1, 0.15) is 16.7 Å². The van der Waals surface area contributed by atoms with Gasteiger partial charge in [-0.25, -0.2) is 0 Å². The summed E-state index contributed by atoms with van der Waals surface area (Å²) >= 11 is 0. The number of hydrogen-bond donors (Lipinski definition) is 0. The highest BCUT2D eigenvalue weighted by molar-refractivity contribution is 5.33. The zero-order valence-corrected chi connectivity index (χ0v) is 10.4. The molecule has 2 rings (SSSR count). The lowest BCUT2D eigenvalue weighted by atomic mass is 10.0. The average Bonchev–Trinajstić information content (AvgIpc) is 2.39. The van der Waals surface area contributed by atoms with E-state index in [1.807, 2.05) is 12.1 Å². The fourth-order valence-electron chi connectivity index (χ4n) is 1.84. The molecule has 0 aromatic heterocycles. The molecule has 0 amide bonds. The Morgan fingerprint density at radius 2 is 1.63 bits per heavy atom. The molecule has 4 heteroatoms. The Bertz CT molecular complexity index is 544. The molecule has 0 bridgehead atoms. The second-order valence-corrected chi connectivity index (χ2v) is 4.22. The van der Waals surface area contributed by atoms with Crippen molar-refractivity contribution in [3.8, 4) is 5.75 Å². The van der Waals surface area contributed by atoms with Gasteiger partial charge in [0.05, 0.1) is 12.7 Å². The first kappa shape index (κ1) is 13.5. The van der Waals surface area contributed by atoms with Crippen molar-refractivity contribution < 1.29 is 17.9 Å². The van der Waals surface area contributed by atoms with Gasteiger partial charge in [0.25, 0.3) is 0 Å². The van der Waals surface area contributed by atoms with Crippen LogP contribution < -0.4 is 4.74 Å². The summed E-state index contributed by atoms with van der Waals surface area (Å²) in [5.74, 6) is 0.729. The first-order valence-corrected chi connectivity index (χ1v) is 5.78. The van der Waals surface area contributed by atoms with E-state index in [9.17, 15) is 13.2 Å². The number of methoxy groups -OCH3 is 1. The lowest BCUT2D eigenvalue weighted by molar-refractivity contribution is -0.137. The standard InChI is InChI=1S/C15H13F3O/c1-19-14-7-5-11(6-8-14)9-12-3-2-4-13(10-12)15(16,17)18/h2-8,10H,9H2,1H3. The van der Waals surface area contributed by atoms with Crippen LogP contribution in [0.25, 0.3) is 0 Å². The van der Waals surface area contributed by atoms with Crippen molar-refractivity contribution in [2.45, 2.75) is 12.6 Å². The molecule has 0 radical (unpaired) electrons. The highest BCUT2D eigenvalue weighted by Crippen LogP contribution is 2.30. The summed E-state index contributed by atoms with van der Waals surface area (Å²) < 4.78 is 42.8. The molecule has 0 fully saturated rings. The molecule has 0 N–H and O–H groups in total. The first-order valence-electron chi connectivity index (χ1n) is 5.78. The third-order valence-corrected chi connectivity index (χ3v) is 2.82. The van der Waals surface area contributed by atoms with Crippen LogP contribution in [0.3, 0.4) is 0 Å². The second kappa shape index (κ2) is 5.34. The largest absolute Gasteiger partial charge is 0.497 e. The van der Waals surface area contributed by atoms with Crippen LogP contribution in [0.2, 0.25) is 0 Å². The summed E-state index contributed by atoms with van der Waals surface area (Å²) in [5, 5.41) is 0. The van der Waals surface area contributed by atoms with Gasteiger partial charge in [-0.3, -0.25) is 0 Å². The lowest BCUT2D eigenvalue weighted by Crippen LogP contribution is -2.05. The summed E-state index contributed by atoms with van der Waals surface area (Å²) in [6.07, 6.45) is -3.83. The third-order valence-electron chi connectivity index (χ3n) is 2.82. The minimum Gasteiger partial charge on any atom is -0.497 e. The highest BCUT2D eigenvalue weighted by Gasteiger charge is 2.30. The number of benzene rings is 2. The zero-order chi connectivity index (χ0) is 13.9. The zero-order valence-electron chi connectivity index (χ0n) is 10.4. The molecule has 0 aliphatic rings. The van der Waals surface area contributed by atoms with Crippen molar-refractivity contribution in [2.24, 2.45) is 0 Å². The normalized spacial score (nSPS) is 11.4. The predicted octanol–water partition coefficient (Wildman–Crippen LogP) is 4.30. The van der Waals surface area contributed by atoms with Crippen LogP contribution in [-0.4, -0.2) is 7.11 Å². The van der Waals surface area contributed by atoms with Gasteiger partial charge in [0.15, 0.2) is 0 Å². The van der Waals surface area contributed by atoms with Gasteiger partial charge in [-0.05, 0) is 35.7 Å². The van der Waals surface area contributed by atoms with E-state index in [-0.39, 0.29) is 0 Å². The Labute approximate surface area is 109 Å². The summed E-state index contributed by atoms with van der Waals surface area (Å²) in [5.41, 5.74) is 0.971. The van der Waals surface area contributed by atoms with Crippen LogP contribution >= 0.6 is 0 Å². The van der Waals surface area contributed by atoms with E-state index in [1.54, 1.807) is 25.3 Å². The summed E-state index contributed by atoms with van der Waals surface area (Å²) in [6, 6.07) is 12.7. The van der Waals surface area contributed by atoms with E-state index in [0.29, 0.717) is 12.0 Å². The number of ether oxygens (including phenoxy) is 1. The lowest BCUT2D eigenvalue weighted by Gasteiger charge is -2.09. The van der Waals surface area contributed by atoms with Crippen molar-refractivity contribution in [2.75, 3.05) is 7.11 Å². The van der Waals surface area contributed by atoms with Crippen molar-refractivity contribution in [3.05, 3.63) is 65.2 Å². The smallest absolute Gasteiger partial charge is 0.416 e. The Kier molecular flexibility index (Phi) is 3.79. The Balaban J connectivity index is 2.18. The molecule has 0 aliphatic heterocycles. The number of rotatable bonds is 3. The van der Waals surface area contributed by atoms with E-state index in [1.165, 1.54) is 12.1 Å². The Morgan fingerprint density at radius 1 is 0.947 bits per heavy atom. The van der Waals surface area contributed by atoms with Gasteiger partial charge in [0.2, 0.25) is 0 Å². The van der Waals surface area contributed by atoms with E-state index in [4.69, 9.17) is 4.74 Å². The molecule has 2 aromatic rings. The molecular weight excluding hydrogens is 253 g/mol. The third kappa shape index (κ3) is 3.50. The SMILES string of the molecule is COc1ccc(Cc2cccc(C(F)(F)F)c2)cc1. The van der Waals surface area contributed by atoms with Crippen LogP contribution in [0.4, 0.5) is 13.2 Å². The monoisotopic (exact) mass is 266 g/mol. The van der Waals surface area contributed by atoms with Crippen molar-refractivity contribution in [3.63, 3.8) is 0 Å². The Morgan fingerprint density at radius 3 is 2.21 bits per heavy atom. The molecule has 0 heterocycles. The minimum atomic E-state index is -4.30. The number of halogens is 3. The quantitative estimate of drug-likeness (QED) is 0.804. The summed E-state index contributed by atoms with van der Waals surface area (Å²) in [7, 11) is 1.57. The fraction of sp³-hybridized carbons (Fsp3) is 0.200. The van der Waals surface area contributed by atoms with Crippen molar-refractivity contribution >= 4 is 0 Å². The van der Waals surface area contributed by atoms with Gasteiger partial charge >= 0.3 is 6.18 Å². The van der Waals surface area contributed by atoms with E-state index >= 15 is 0 Å². The van der Waals surface area contributed by atoms with Crippen LogP contribution in [0.5, 0.6) is 5.75 Å². The van der Waals surface area contributed by atoms with Gasteiger partial charge in [-0.15, -0.1) is 0 Å². The first-order chi connectivity index (χ1) is 8.99. The van der Waals surface area contributed by atoms with Gasteiger partial charge in [0.1, 0.15) is 5.75 Å². The summed E-state index contributed by atoms with van der Waals surface area (Å²) in [4.78, 5) is 0. The van der Waals surface area contributed by atoms with E-state index in [2.05, 4.69) is 0 Å². The average molecular weight is 266 g/mol. The van der Waals surface area contributed by atoms with Gasteiger partial charge < -0.3 is 4.74 Å². The van der Waals surface area contributed by atoms with Gasteiger partial charge in [-0.1, -0.05) is 30.3 Å². The van der Waals surface area contributed by atoms with Crippen LogP contribution in [-0.2, 0) is 12.6 Å². The molecule has 0 aliphatic carbocycles. The van der Waals surface area contributed by atoms with E-state index < -0.39 is 11.7 Å². The number of hydrogen-bond acceptors (Lipinski definition) is 1. The molecule has 1 nitrogen and oxygen atoms in total. The van der Waals surface area contributed by atoms with Crippen molar-refractivity contribution in [1.82, 2.24) is 0 Å². The maximum Gasteiger partial charge on any atom is 0.416 e. The summed E-state index contributed by atoms with van der Waals surface area (Å²) in [6.45, 7) is 0. The molecule has 0 atom stereocenters. The van der Waals surface area contributed by atoms with Gasteiger partial charge in [-0.2, -0.15) is 13.2 Å². The van der Waals surface area contributed by atoms with Gasteiger partial charge in [0, 0.05) is 0 Å². The van der Waals surface area contributed by atoms with Crippen molar-refractivity contribution in [1.29, 1.82) is 0 Å². The van der Waals surface area contributed by atoms with E-state index in [0.717, 1.165) is 17.4 Å². The molecule has 0 spiro atoms. The fourth-order valence-corrected chi connectivity index (χ4v) is 1.84. The maximum absolute atomic E-state index is 12.6. The highest BCUT2D eigenvalue weighted by atomic mass is 19.4. The molecule has 0 unspecified atom stereocenters. The van der Waals surface area contributed by atoms with Crippen LogP contribution in [0.15, 0.2) is 48.5 Å². The number of alkyl halides is 3. The molecule has 19 heavy (non-hydrogen) atoms.